The Labute approximate surface area is 160 Å². The molecule has 2 aromatic carbocycles. The molecule has 0 aliphatic carbocycles. The molecule has 1 unspecified atom stereocenters. The van der Waals surface area contributed by atoms with Crippen molar-refractivity contribution in [2.75, 3.05) is 13.1 Å². The van der Waals surface area contributed by atoms with Crippen molar-refractivity contribution in [3.05, 3.63) is 65.3 Å². The highest BCUT2D eigenvalue weighted by Gasteiger charge is 2.34. The zero-order valence-electron chi connectivity index (χ0n) is 13.9. The second-order valence-corrected chi connectivity index (χ2v) is 8.95. The maximum Gasteiger partial charge on any atom is 0.244 e. The Balaban J connectivity index is 1.54. The Morgan fingerprint density at radius 3 is 2.54 bits per heavy atom. The number of hydrogen-bond acceptors (Lipinski definition) is 4. The molecule has 2 heterocycles. The Morgan fingerprint density at radius 1 is 1.04 bits per heavy atom. The van der Waals surface area contributed by atoms with Crippen LogP contribution in [-0.4, -0.2) is 40.8 Å². The van der Waals surface area contributed by atoms with E-state index in [9.17, 15) is 8.42 Å². The quantitative estimate of drug-likeness (QED) is 0.633. The molecule has 134 valence electrons. The normalized spacial score (nSPS) is 18.3. The average Bonchev–Trinajstić information content (AvgIpc) is 3.32. The minimum absolute atomic E-state index is 0.0165. The fourth-order valence-corrected chi connectivity index (χ4v) is 5.59. The van der Waals surface area contributed by atoms with Gasteiger partial charge in [-0.2, -0.15) is 4.31 Å². The van der Waals surface area contributed by atoms with Crippen molar-refractivity contribution in [1.82, 2.24) is 19.3 Å². The standard InChI is InChI=1S/C18H17BrN4O2S/c19-16-8-4-5-9-18(16)26(24,25)22-11-10-15(12-22)23-13-17(20-21-23)14-6-2-1-3-7-14/h1-9,13,15H,10-12H2. The van der Waals surface area contributed by atoms with Gasteiger partial charge in [0.2, 0.25) is 10.0 Å². The van der Waals surface area contributed by atoms with Gasteiger partial charge in [-0.05, 0) is 34.5 Å². The lowest BCUT2D eigenvalue weighted by atomic mass is 10.2. The number of sulfonamides is 1. The van der Waals surface area contributed by atoms with Crippen molar-refractivity contribution < 1.29 is 8.42 Å². The van der Waals surface area contributed by atoms with Crippen LogP contribution >= 0.6 is 15.9 Å². The van der Waals surface area contributed by atoms with Gasteiger partial charge >= 0.3 is 0 Å². The van der Waals surface area contributed by atoms with Crippen molar-refractivity contribution >= 4 is 26.0 Å². The van der Waals surface area contributed by atoms with Crippen molar-refractivity contribution in [2.45, 2.75) is 17.4 Å². The highest BCUT2D eigenvalue weighted by Crippen LogP contribution is 2.30. The smallest absolute Gasteiger partial charge is 0.244 e. The van der Waals surface area contributed by atoms with E-state index in [-0.39, 0.29) is 6.04 Å². The second kappa shape index (κ2) is 6.94. The van der Waals surface area contributed by atoms with Gasteiger partial charge in [-0.15, -0.1) is 5.10 Å². The molecule has 0 amide bonds. The fourth-order valence-electron chi connectivity index (χ4n) is 3.13. The number of benzene rings is 2. The molecule has 26 heavy (non-hydrogen) atoms. The summed E-state index contributed by atoms with van der Waals surface area (Å²) >= 11 is 3.34. The van der Waals surface area contributed by atoms with Crippen LogP contribution in [0.3, 0.4) is 0 Å². The molecule has 0 radical (unpaired) electrons. The summed E-state index contributed by atoms with van der Waals surface area (Å²) in [6.45, 7) is 0.857. The van der Waals surface area contributed by atoms with E-state index in [1.165, 1.54) is 4.31 Å². The molecule has 1 saturated heterocycles. The molecule has 1 atom stereocenters. The zero-order chi connectivity index (χ0) is 18.1. The minimum Gasteiger partial charge on any atom is -0.247 e. The van der Waals surface area contributed by atoms with Crippen LogP contribution in [0.2, 0.25) is 0 Å². The molecule has 1 aliphatic rings. The first-order valence-electron chi connectivity index (χ1n) is 8.27. The minimum atomic E-state index is -3.53. The molecule has 1 aromatic heterocycles. The SMILES string of the molecule is O=S(=O)(c1ccccc1Br)N1CCC(n2cc(-c3ccccc3)nn2)C1. The van der Waals surface area contributed by atoms with Crippen molar-refractivity contribution in [3.8, 4) is 11.3 Å². The van der Waals surface area contributed by atoms with Gasteiger partial charge in [0.15, 0.2) is 0 Å². The molecule has 3 aromatic rings. The molecule has 8 heteroatoms. The van der Waals surface area contributed by atoms with Crippen LogP contribution in [0.25, 0.3) is 11.3 Å². The lowest BCUT2D eigenvalue weighted by Gasteiger charge is -2.17. The van der Waals surface area contributed by atoms with Crippen LogP contribution in [-0.2, 0) is 10.0 Å². The summed E-state index contributed by atoms with van der Waals surface area (Å²) in [5.74, 6) is 0. The van der Waals surface area contributed by atoms with Gasteiger partial charge in [-0.25, -0.2) is 13.1 Å². The summed E-state index contributed by atoms with van der Waals surface area (Å²) in [5, 5.41) is 8.45. The molecule has 0 spiro atoms. The third-order valence-corrected chi connectivity index (χ3v) is 7.41. The first-order chi connectivity index (χ1) is 12.6. The molecular weight excluding hydrogens is 416 g/mol. The Kier molecular flexibility index (Phi) is 4.64. The molecule has 1 aliphatic heterocycles. The second-order valence-electron chi connectivity index (χ2n) is 6.19. The predicted octanol–water partition coefficient (Wildman–Crippen LogP) is 3.34. The third-order valence-electron chi connectivity index (χ3n) is 4.53. The van der Waals surface area contributed by atoms with Gasteiger partial charge < -0.3 is 0 Å². The monoisotopic (exact) mass is 432 g/mol. The van der Waals surface area contributed by atoms with E-state index in [0.29, 0.717) is 28.9 Å². The van der Waals surface area contributed by atoms with E-state index in [1.54, 1.807) is 28.9 Å². The molecule has 0 bridgehead atoms. The highest BCUT2D eigenvalue weighted by atomic mass is 79.9. The van der Waals surface area contributed by atoms with E-state index in [1.807, 2.05) is 36.5 Å². The lowest BCUT2D eigenvalue weighted by molar-refractivity contribution is 0.428. The summed E-state index contributed by atoms with van der Waals surface area (Å²) in [6.07, 6.45) is 2.59. The van der Waals surface area contributed by atoms with Gasteiger partial charge in [0, 0.05) is 23.1 Å². The van der Waals surface area contributed by atoms with Gasteiger partial charge in [-0.3, -0.25) is 0 Å². The number of halogens is 1. The zero-order valence-corrected chi connectivity index (χ0v) is 16.3. The summed E-state index contributed by atoms with van der Waals surface area (Å²) in [7, 11) is -3.53. The van der Waals surface area contributed by atoms with Gasteiger partial charge in [0.25, 0.3) is 0 Å². The van der Waals surface area contributed by atoms with Crippen LogP contribution in [0, 0.1) is 0 Å². The first-order valence-corrected chi connectivity index (χ1v) is 10.5. The molecule has 4 rings (SSSR count). The number of nitrogens with zero attached hydrogens (tertiary/aromatic N) is 4. The fraction of sp³-hybridized carbons (Fsp3) is 0.222. The third kappa shape index (κ3) is 3.20. The summed E-state index contributed by atoms with van der Waals surface area (Å²) < 4.78 is 29.7. The molecule has 6 nitrogen and oxygen atoms in total. The maximum absolute atomic E-state index is 12.9. The van der Waals surface area contributed by atoms with E-state index in [4.69, 9.17) is 0 Å². The van der Waals surface area contributed by atoms with E-state index in [0.717, 1.165) is 11.3 Å². The predicted molar refractivity (Wildman–Crippen MR) is 102 cm³/mol. The van der Waals surface area contributed by atoms with Gasteiger partial charge in [0.05, 0.1) is 17.1 Å². The van der Waals surface area contributed by atoms with Gasteiger partial charge in [0.1, 0.15) is 5.69 Å². The Morgan fingerprint density at radius 2 is 1.77 bits per heavy atom. The summed E-state index contributed by atoms with van der Waals surface area (Å²) in [4.78, 5) is 0.296. The first kappa shape index (κ1) is 17.4. The van der Waals surface area contributed by atoms with Crippen LogP contribution in [0.15, 0.2) is 70.2 Å². The van der Waals surface area contributed by atoms with E-state index < -0.39 is 10.0 Å². The summed E-state index contributed by atoms with van der Waals surface area (Å²) in [6, 6.07) is 16.7. The maximum atomic E-state index is 12.9. The highest BCUT2D eigenvalue weighted by molar-refractivity contribution is 9.10. The lowest BCUT2D eigenvalue weighted by Crippen LogP contribution is -2.29. The van der Waals surface area contributed by atoms with E-state index in [2.05, 4.69) is 26.2 Å². The number of hydrogen-bond donors (Lipinski definition) is 0. The van der Waals surface area contributed by atoms with Crippen molar-refractivity contribution in [2.24, 2.45) is 0 Å². The largest absolute Gasteiger partial charge is 0.247 e. The van der Waals surface area contributed by atoms with Crippen LogP contribution in [0.1, 0.15) is 12.5 Å². The van der Waals surface area contributed by atoms with Crippen LogP contribution < -0.4 is 0 Å². The topological polar surface area (TPSA) is 68.1 Å². The van der Waals surface area contributed by atoms with Crippen molar-refractivity contribution in [1.29, 1.82) is 0 Å². The van der Waals surface area contributed by atoms with Crippen LogP contribution in [0.4, 0.5) is 0 Å². The molecule has 0 saturated carbocycles. The molecular formula is C18H17BrN4O2S. The van der Waals surface area contributed by atoms with Crippen LogP contribution in [0.5, 0.6) is 0 Å². The Hall–Kier alpha value is -2.03. The number of rotatable bonds is 4. The van der Waals surface area contributed by atoms with Crippen molar-refractivity contribution in [3.63, 3.8) is 0 Å². The average molecular weight is 433 g/mol. The molecule has 1 fully saturated rings. The summed E-state index contributed by atoms with van der Waals surface area (Å²) in [5.41, 5.74) is 1.78. The van der Waals surface area contributed by atoms with Gasteiger partial charge in [-0.1, -0.05) is 47.7 Å². The number of aromatic nitrogens is 3. The Bertz CT molecular complexity index is 1020. The molecule has 0 N–H and O–H groups in total. The van der Waals surface area contributed by atoms with E-state index >= 15 is 0 Å².